The zero-order valence-electron chi connectivity index (χ0n) is 9.09. The first-order valence-corrected chi connectivity index (χ1v) is 4.93. The van der Waals surface area contributed by atoms with Crippen molar-refractivity contribution < 1.29 is 0 Å². The molecule has 1 aromatic carbocycles. The molecule has 1 heteroatoms. The summed E-state index contributed by atoms with van der Waals surface area (Å²) >= 11 is 0. The van der Waals surface area contributed by atoms with E-state index in [1.54, 1.807) is 0 Å². The van der Waals surface area contributed by atoms with E-state index in [4.69, 9.17) is 5.41 Å². The van der Waals surface area contributed by atoms with E-state index in [-0.39, 0.29) is 0 Å². The predicted molar refractivity (Wildman–Crippen MR) is 63.1 cm³/mol. The molecule has 1 N–H and O–H groups in total. The molecule has 0 aliphatic carbocycles. The fourth-order valence-electron chi connectivity index (χ4n) is 1.68. The molecule has 1 aromatic rings. The van der Waals surface area contributed by atoms with Crippen molar-refractivity contribution in [2.24, 2.45) is 0 Å². The van der Waals surface area contributed by atoms with Crippen LogP contribution in [0.5, 0.6) is 0 Å². The van der Waals surface area contributed by atoms with E-state index in [2.05, 4.69) is 30.4 Å². The van der Waals surface area contributed by atoms with E-state index in [1.165, 1.54) is 16.0 Å². The van der Waals surface area contributed by atoms with Gasteiger partial charge in [0.2, 0.25) is 0 Å². The lowest BCUT2D eigenvalue weighted by atomic mass is 10.0. The van der Waals surface area contributed by atoms with Gasteiger partial charge in [-0.05, 0) is 36.8 Å². The van der Waals surface area contributed by atoms with Crippen molar-refractivity contribution in [3.05, 3.63) is 34.2 Å². The molecule has 0 radical (unpaired) electrons. The molecule has 0 saturated carbocycles. The van der Waals surface area contributed by atoms with Crippen molar-refractivity contribution in [1.29, 1.82) is 5.41 Å². The third kappa shape index (κ3) is 2.32. The summed E-state index contributed by atoms with van der Waals surface area (Å²) in [4.78, 5) is 0. The highest BCUT2D eigenvalue weighted by molar-refractivity contribution is 5.81. The molecule has 0 spiro atoms. The maximum absolute atomic E-state index is 7.51. The Balaban J connectivity index is 3.39. The fourth-order valence-corrected chi connectivity index (χ4v) is 1.68. The highest BCUT2D eigenvalue weighted by atomic mass is 14.4. The Morgan fingerprint density at radius 2 is 2.00 bits per heavy atom. The molecule has 1 rings (SSSR count). The standard InChI is InChI=1S/C13H17N/c1-4-11-7-6-8-12(9-10(3)14)13(11)5-2/h4-8,14H,9H2,1-3H3. The van der Waals surface area contributed by atoms with Crippen molar-refractivity contribution in [3.63, 3.8) is 0 Å². The number of hydrogen-bond donors (Lipinski definition) is 1. The Kier molecular flexibility index (Phi) is 3.63. The molecule has 0 aromatic heterocycles. The van der Waals surface area contributed by atoms with Crippen LogP contribution in [0.15, 0.2) is 18.2 Å². The van der Waals surface area contributed by atoms with Crippen molar-refractivity contribution in [2.75, 3.05) is 0 Å². The molecule has 0 aliphatic rings. The van der Waals surface area contributed by atoms with Crippen molar-refractivity contribution >= 4 is 17.9 Å². The van der Waals surface area contributed by atoms with Gasteiger partial charge in [-0.1, -0.05) is 30.4 Å². The van der Waals surface area contributed by atoms with Crippen LogP contribution < -0.4 is 10.4 Å². The van der Waals surface area contributed by atoms with E-state index in [9.17, 15) is 0 Å². The normalized spacial score (nSPS) is 13.4. The summed E-state index contributed by atoms with van der Waals surface area (Å²) < 4.78 is 0. The highest BCUT2D eigenvalue weighted by Gasteiger charge is 1.96. The lowest BCUT2D eigenvalue weighted by molar-refractivity contribution is 1.23. The molecular weight excluding hydrogens is 170 g/mol. The van der Waals surface area contributed by atoms with Crippen LogP contribution in [0.2, 0.25) is 0 Å². The van der Waals surface area contributed by atoms with Crippen molar-refractivity contribution in [1.82, 2.24) is 0 Å². The third-order valence-corrected chi connectivity index (χ3v) is 2.29. The van der Waals surface area contributed by atoms with Gasteiger partial charge in [-0.3, -0.25) is 0 Å². The molecule has 14 heavy (non-hydrogen) atoms. The Morgan fingerprint density at radius 1 is 1.29 bits per heavy atom. The quantitative estimate of drug-likeness (QED) is 0.683. The molecule has 1 nitrogen and oxygen atoms in total. The van der Waals surface area contributed by atoms with E-state index >= 15 is 0 Å². The smallest absolute Gasteiger partial charge is 0.0105 e. The first kappa shape index (κ1) is 10.7. The zero-order valence-corrected chi connectivity index (χ0v) is 9.09. The van der Waals surface area contributed by atoms with Gasteiger partial charge in [0.05, 0.1) is 0 Å². The van der Waals surface area contributed by atoms with Crippen LogP contribution in [0, 0.1) is 5.41 Å². The summed E-state index contributed by atoms with van der Waals surface area (Å²) in [7, 11) is 0. The number of nitrogens with one attached hydrogen (secondary N) is 1. The summed E-state index contributed by atoms with van der Waals surface area (Å²) in [5.74, 6) is 0. The van der Waals surface area contributed by atoms with Crippen LogP contribution in [0.4, 0.5) is 0 Å². The third-order valence-electron chi connectivity index (χ3n) is 2.29. The molecule has 0 fully saturated rings. The maximum atomic E-state index is 7.51. The lowest BCUT2D eigenvalue weighted by Crippen LogP contribution is -2.28. The van der Waals surface area contributed by atoms with E-state index in [0.717, 1.165) is 6.42 Å². The minimum Gasteiger partial charge on any atom is -0.310 e. The molecule has 0 amide bonds. The molecule has 0 aliphatic heterocycles. The summed E-state index contributed by atoms with van der Waals surface area (Å²) in [6.45, 7) is 5.94. The van der Waals surface area contributed by atoms with Gasteiger partial charge in [0.25, 0.3) is 0 Å². The highest BCUT2D eigenvalue weighted by Crippen LogP contribution is 1.92. The summed E-state index contributed by atoms with van der Waals surface area (Å²) in [5, 5.41) is 10.0. The van der Waals surface area contributed by atoms with Gasteiger partial charge in [0.15, 0.2) is 0 Å². The second-order valence-electron chi connectivity index (χ2n) is 3.45. The first-order valence-electron chi connectivity index (χ1n) is 4.93. The number of hydrogen-bond acceptors (Lipinski definition) is 1. The zero-order chi connectivity index (χ0) is 10.6. The first-order chi connectivity index (χ1) is 6.69. The average molecular weight is 187 g/mol. The van der Waals surface area contributed by atoms with Gasteiger partial charge in [-0.15, -0.1) is 0 Å². The minimum atomic E-state index is 0.710. The van der Waals surface area contributed by atoms with E-state index in [1.807, 2.05) is 20.8 Å². The summed E-state index contributed by atoms with van der Waals surface area (Å²) in [6.07, 6.45) is 4.98. The molecule has 0 heterocycles. The Labute approximate surface area is 85.3 Å². The molecule has 0 unspecified atom stereocenters. The largest absolute Gasteiger partial charge is 0.310 e. The van der Waals surface area contributed by atoms with Crippen molar-refractivity contribution in [2.45, 2.75) is 27.2 Å². The second-order valence-corrected chi connectivity index (χ2v) is 3.45. The number of rotatable bonds is 2. The van der Waals surface area contributed by atoms with Crippen LogP contribution in [-0.4, -0.2) is 5.71 Å². The average Bonchev–Trinajstić information content (AvgIpc) is 2.16. The molecule has 0 bridgehead atoms. The summed E-state index contributed by atoms with van der Waals surface area (Å²) in [6, 6.07) is 6.26. The van der Waals surface area contributed by atoms with Gasteiger partial charge in [0.1, 0.15) is 0 Å². The number of benzene rings is 1. The van der Waals surface area contributed by atoms with Gasteiger partial charge >= 0.3 is 0 Å². The maximum Gasteiger partial charge on any atom is 0.0105 e. The topological polar surface area (TPSA) is 23.9 Å². The minimum absolute atomic E-state index is 0.710. The van der Waals surface area contributed by atoms with Gasteiger partial charge in [0, 0.05) is 12.1 Å². The second kappa shape index (κ2) is 4.75. The van der Waals surface area contributed by atoms with E-state index in [0.29, 0.717) is 5.71 Å². The predicted octanol–water partition coefficient (Wildman–Crippen LogP) is 1.87. The van der Waals surface area contributed by atoms with Crippen LogP contribution in [0.1, 0.15) is 26.3 Å². The Hall–Kier alpha value is -1.37. The van der Waals surface area contributed by atoms with Crippen LogP contribution in [0.25, 0.3) is 12.2 Å². The Morgan fingerprint density at radius 3 is 2.50 bits per heavy atom. The van der Waals surface area contributed by atoms with Gasteiger partial charge in [-0.2, -0.15) is 0 Å². The van der Waals surface area contributed by atoms with Crippen molar-refractivity contribution in [3.8, 4) is 0 Å². The molecular formula is C13H17N. The van der Waals surface area contributed by atoms with Crippen LogP contribution in [-0.2, 0) is 6.42 Å². The molecule has 0 atom stereocenters. The lowest BCUT2D eigenvalue weighted by Gasteiger charge is -2.01. The SMILES string of the molecule is CC=c1cccc(CC(C)=N)c1=CC. The molecule has 0 saturated heterocycles. The summed E-state index contributed by atoms with van der Waals surface area (Å²) in [5.41, 5.74) is 1.96. The van der Waals surface area contributed by atoms with Gasteiger partial charge in [-0.25, -0.2) is 0 Å². The monoisotopic (exact) mass is 187 g/mol. The van der Waals surface area contributed by atoms with Crippen LogP contribution in [0.3, 0.4) is 0 Å². The molecule has 74 valence electrons. The van der Waals surface area contributed by atoms with E-state index < -0.39 is 0 Å². The van der Waals surface area contributed by atoms with Gasteiger partial charge < -0.3 is 5.41 Å². The fraction of sp³-hybridized carbons (Fsp3) is 0.308. The van der Waals surface area contributed by atoms with Crippen LogP contribution >= 0.6 is 0 Å². The Bertz CT molecular complexity index is 441.